The van der Waals surface area contributed by atoms with Crippen LogP contribution in [0.1, 0.15) is 17.4 Å². The lowest BCUT2D eigenvalue weighted by atomic mass is 10.1. The summed E-state index contributed by atoms with van der Waals surface area (Å²) in [7, 11) is 0. The second-order valence-electron chi connectivity index (χ2n) is 4.23. The van der Waals surface area contributed by atoms with E-state index in [2.05, 4.69) is 20.5 Å². The topological polar surface area (TPSA) is 81.7 Å². The van der Waals surface area contributed by atoms with Crippen LogP contribution in [0.3, 0.4) is 0 Å². The van der Waals surface area contributed by atoms with E-state index in [0.29, 0.717) is 0 Å². The van der Waals surface area contributed by atoms with E-state index in [1.807, 2.05) is 41.1 Å². The third-order valence-electron chi connectivity index (χ3n) is 3.01. The Bertz CT molecular complexity index is 664. The van der Waals surface area contributed by atoms with E-state index < -0.39 is 0 Å². The second kappa shape index (κ2) is 5.60. The fraction of sp³-hybridized carbons (Fsp3) is 0.0714. The fourth-order valence-electron chi connectivity index (χ4n) is 2.10. The number of para-hydroxylation sites is 1. The van der Waals surface area contributed by atoms with Gasteiger partial charge in [-0.2, -0.15) is 5.10 Å². The molecule has 3 aromatic rings. The third kappa shape index (κ3) is 2.29. The summed E-state index contributed by atoms with van der Waals surface area (Å²) in [6.07, 6.45) is 6.70. The van der Waals surface area contributed by atoms with Gasteiger partial charge in [0, 0.05) is 18.6 Å². The van der Waals surface area contributed by atoms with Gasteiger partial charge in [-0.3, -0.25) is 15.8 Å². The number of nitrogens with two attached hydrogens (primary N) is 1. The van der Waals surface area contributed by atoms with Gasteiger partial charge in [0.05, 0.1) is 23.3 Å². The van der Waals surface area contributed by atoms with E-state index >= 15 is 0 Å². The number of benzene rings is 1. The SMILES string of the molecule is NNC(c1cnccn1)c1ccnn1-c1ccccc1. The van der Waals surface area contributed by atoms with E-state index in [0.717, 1.165) is 17.1 Å². The zero-order chi connectivity index (χ0) is 13.8. The molecule has 0 aliphatic rings. The van der Waals surface area contributed by atoms with E-state index in [1.165, 1.54) is 0 Å². The number of hydrogen-bond donors (Lipinski definition) is 2. The van der Waals surface area contributed by atoms with Crippen LogP contribution in [0.4, 0.5) is 0 Å². The van der Waals surface area contributed by atoms with Crippen molar-refractivity contribution in [3.8, 4) is 5.69 Å². The third-order valence-corrected chi connectivity index (χ3v) is 3.01. The highest BCUT2D eigenvalue weighted by Crippen LogP contribution is 2.21. The van der Waals surface area contributed by atoms with Crippen molar-refractivity contribution in [3.63, 3.8) is 0 Å². The van der Waals surface area contributed by atoms with E-state index in [1.54, 1.807) is 24.8 Å². The molecule has 0 aliphatic heterocycles. The van der Waals surface area contributed by atoms with Crippen molar-refractivity contribution in [2.45, 2.75) is 6.04 Å². The summed E-state index contributed by atoms with van der Waals surface area (Å²) < 4.78 is 1.83. The van der Waals surface area contributed by atoms with Gasteiger partial charge in [-0.25, -0.2) is 10.1 Å². The van der Waals surface area contributed by atoms with Gasteiger partial charge in [-0.05, 0) is 18.2 Å². The predicted molar refractivity (Wildman–Crippen MR) is 74.8 cm³/mol. The molecule has 6 nitrogen and oxygen atoms in total. The van der Waals surface area contributed by atoms with Crippen LogP contribution in [0.25, 0.3) is 5.69 Å². The Morgan fingerprint density at radius 1 is 1.05 bits per heavy atom. The van der Waals surface area contributed by atoms with E-state index in [-0.39, 0.29) is 6.04 Å². The lowest BCUT2D eigenvalue weighted by Crippen LogP contribution is -2.31. The van der Waals surface area contributed by atoms with Crippen LogP contribution in [0.15, 0.2) is 61.2 Å². The number of aromatic nitrogens is 4. The van der Waals surface area contributed by atoms with Crippen molar-refractivity contribution in [1.82, 2.24) is 25.2 Å². The van der Waals surface area contributed by atoms with Crippen LogP contribution in [0.2, 0.25) is 0 Å². The minimum atomic E-state index is -0.272. The monoisotopic (exact) mass is 266 g/mol. The average Bonchev–Trinajstić information content (AvgIpc) is 2.99. The molecule has 6 heteroatoms. The molecule has 0 aliphatic carbocycles. The lowest BCUT2D eigenvalue weighted by molar-refractivity contribution is 0.581. The van der Waals surface area contributed by atoms with Gasteiger partial charge in [0.2, 0.25) is 0 Å². The van der Waals surface area contributed by atoms with E-state index in [4.69, 9.17) is 5.84 Å². The van der Waals surface area contributed by atoms with E-state index in [9.17, 15) is 0 Å². The van der Waals surface area contributed by atoms with Crippen molar-refractivity contribution >= 4 is 0 Å². The summed E-state index contributed by atoms with van der Waals surface area (Å²) in [6.45, 7) is 0. The summed E-state index contributed by atoms with van der Waals surface area (Å²) in [5.74, 6) is 5.68. The maximum Gasteiger partial charge on any atom is 0.107 e. The fourth-order valence-corrected chi connectivity index (χ4v) is 2.10. The Morgan fingerprint density at radius 2 is 1.90 bits per heavy atom. The summed E-state index contributed by atoms with van der Waals surface area (Å²) in [5, 5.41) is 4.35. The summed E-state index contributed by atoms with van der Waals surface area (Å²) in [5.41, 5.74) is 5.38. The average molecular weight is 266 g/mol. The normalized spacial score (nSPS) is 12.2. The molecule has 0 amide bonds. The van der Waals surface area contributed by atoms with Crippen molar-refractivity contribution in [3.05, 3.63) is 72.6 Å². The molecular weight excluding hydrogens is 252 g/mol. The molecular formula is C14H14N6. The standard InChI is InChI=1S/C14H14N6/c15-19-14(12-10-16-8-9-17-12)13-6-7-18-20(13)11-4-2-1-3-5-11/h1-10,14,19H,15H2. The zero-order valence-electron chi connectivity index (χ0n) is 10.7. The smallest absolute Gasteiger partial charge is 0.107 e. The van der Waals surface area contributed by atoms with Crippen LogP contribution in [0.5, 0.6) is 0 Å². The molecule has 3 rings (SSSR count). The van der Waals surface area contributed by atoms with Gasteiger partial charge < -0.3 is 0 Å². The van der Waals surface area contributed by atoms with Gasteiger partial charge in [0.15, 0.2) is 0 Å². The maximum atomic E-state index is 5.68. The molecule has 2 aromatic heterocycles. The van der Waals surface area contributed by atoms with Gasteiger partial charge in [0.1, 0.15) is 6.04 Å². The number of hydrazine groups is 1. The summed E-state index contributed by atoms with van der Waals surface area (Å²) >= 11 is 0. The minimum Gasteiger partial charge on any atom is -0.270 e. The molecule has 1 atom stereocenters. The number of hydrogen-bond acceptors (Lipinski definition) is 5. The van der Waals surface area contributed by atoms with Crippen LogP contribution in [0, 0.1) is 0 Å². The van der Waals surface area contributed by atoms with Crippen LogP contribution in [-0.4, -0.2) is 19.7 Å². The molecule has 0 bridgehead atoms. The Kier molecular flexibility index (Phi) is 3.49. The summed E-state index contributed by atoms with van der Waals surface area (Å²) in [6, 6.07) is 11.5. The van der Waals surface area contributed by atoms with Crippen LogP contribution < -0.4 is 11.3 Å². The summed E-state index contributed by atoms with van der Waals surface area (Å²) in [4.78, 5) is 8.37. The molecule has 0 fully saturated rings. The predicted octanol–water partition coefficient (Wildman–Crippen LogP) is 1.21. The van der Waals surface area contributed by atoms with Crippen LogP contribution >= 0.6 is 0 Å². The molecule has 20 heavy (non-hydrogen) atoms. The van der Waals surface area contributed by atoms with Gasteiger partial charge in [0.25, 0.3) is 0 Å². The van der Waals surface area contributed by atoms with Gasteiger partial charge in [-0.15, -0.1) is 0 Å². The minimum absolute atomic E-state index is 0.272. The van der Waals surface area contributed by atoms with Gasteiger partial charge >= 0.3 is 0 Å². The van der Waals surface area contributed by atoms with Crippen molar-refractivity contribution in [2.75, 3.05) is 0 Å². The Labute approximate surface area is 116 Å². The molecule has 1 aromatic carbocycles. The number of rotatable bonds is 4. The molecule has 2 heterocycles. The highest BCUT2D eigenvalue weighted by atomic mass is 15.3. The van der Waals surface area contributed by atoms with Crippen molar-refractivity contribution in [1.29, 1.82) is 0 Å². The maximum absolute atomic E-state index is 5.68. The molecule has 1 unspecified atom stereocenters. The first-order valence-corrected chi connectivity index (χ1v) is 6.21. The molecule has 0 radical (unpaired) electrons. The Hall–Kier alpha value is -2.57. The van der Waals surface area contributed by atoms with Crippen LogP contribution in [-0.2, 0) is 0 Å². The Morgan fingerprint density at radius 3 is 2.60 bits per heavy atom. The molecule has 0 saturated carbocycles. The molecule has 100 valence electrons. The highest BCUT2D eigenvalue weighted by Gasteiger charge is 2.19. The van der Waals surface area contributed by atoms with Crippen molar-refractivity contribution < 1.29 is 0 Å². The number of nitrogens with one attached hydrogen (secondary N) is 1. The van der Waals surface area contributed by atoms with Gasteiger partial charge in [-0.1, -0.05) is 18.2 Å². The second-order valence-corrected chi connectivity index (χ2v) is 4.23. The first-order valence-electron chi connectivity index (χ1n) is 6.21. The lowest BCUT2D eigenvalue weighted by Gasteiger charge is -2.16. The van der Waals surface area contributed by atoms with Crippen molar-refractivity contribution in [2.24, 2.45) is 5.84 Å². The quantitative estimate of drug-likeness (QED) is 0.548. The molecule has 0 saturated heterocycles. The zero-order valence-corrected chi connectivity index (χ0v) is 10.7. The largest absolute Gasteiger partial charge is 0.270 e. The molecule has 3 N–H and O–H groups in total. The first-order chi connectivity index (χ1) is 9.90. The number of nitrogens with zero attached hydrogens (tertiary/aromatic N) is 4. The Balaban J connectivity index is 2.04. The highest BCUT2D eigenvalue weighted by molar-refractivity contribution is 5.34. The first kappa shape index (κ1) is 12.5. The molecule has 0 spiro atoms.